The minimum Gasteiger partial charge on any atom is -0.317 e. The van der Waals surface area contributed by atoms with Gasteiger partial charge in [-0.1, -0.05) is 162 Å². The highest BCUT2D eigenvalue weighted by Crippen LogP contribution is 2.14. The van der Waals surface area contributed by atoms with Crippen LogP contribution in [-0.4, -0.2) is 13.1 Å². The summed E-state index contributed by atoms with van der Waals surface area (Å²) in [7, 11) is 0. The highest BCUT2D eigenvalue weighted by molar-refractivity contribution is 4.53. The molecular formula is C30H63N. The van der Waals surface area contributed by atoms with Crippen molar-refractivity contribution >= 4 is 0 Å². The summed E-state index contributed by atoms with van der Waals surface area (Å²) in [6, 6.07) is 0. The van der Waals surface area contributed by atoms with E-state index in [0.717, 1.165) is 5.92 Å². The van der Waals surface area contributed by atoms with Gasteiger partial charge in [0.1, 0.15) is 0 Å². The molecule has 0 bridgehead atoms. The third-order valence-corrected chi connectivity index (χ3v) is 6.84. The highest BCUT2D eigenvalue weighted by Gasteiger charge is 1.96. The van der Waals surface area contributed by atoms with Crippen LogP contribution in [0.25, 0.3) is 0 Å². The minimum absolute atomic E-state index is 0.893. The lowest BCUT2D eigenvalue weighted by Crippen LogP contribution is -2.16. The van der Waals surface area contributed by atoms with Crippen LogP contribution in [0.15, 0.2) is 0 Å². The topological polar surface area (TPSA) is 12.0 Å². The van der Waals surface area contributed by atoms with Crippen LogP contribution in [0.4, 0.5) is 0 Å². The molecule has 0 radical (unpaired) electrons. The summed E-state index contributed by atoms with van der Waals surface area (Å²) >= 11 is 0. The van der Waals surface area contributed by atoms with E-state index in [2.05, 4.69) is 26.1 Å². The van der Waals surface area contributed by atoms with Gasteiger partial charge in [0.15, 0.2) is 0 Å². The molecule has 31 heavy (non-hydrogen) atoms. The maximum absolute atomic E-state index is 3.66. The summed E-state index contributed by atoms with van der Waals surface area (Å²) in [6.45, 7) is 9.48. The molecule has 0 unspecified atom stereocenters. The Labute approximate surface area is 199 Å². The van der Waals surface area contributed by atoms with Crippen molar-refractivity contribution in [1.29, 1.82) is 0 Å². The molecule has 0 atom stereocenters. The first-order valence-corrected chi connectivity index (χ1v) is 15.0. The van der Waals surface area contributed by atoms with Gasteiger partial charge in [-0.3, -0.25) is 0 Å². The van der Waals surface area contributed by atoms with Gasteiger partial charge in [-0.25, -0.2) is 0 Å². The van der Waals surface area contributed by atoms with Crippen molar-refractivity contribution in [2.24, 2.45) is 5.92 Å². The number of hydrogen-bond acceptors (Lipinski definition) is 1. The van der Waals surface area contributed by atoms with Crippen LogP contribution in [0.1, 0.15) is 175 Å². The standard InChI is InChI=1S/C30H63N/c1-4-5-6-7-8-9-10-13-16-19-22-25-28-31-29-26-23-20-17-14-11-12-15-18-21-24-27-30(2)3/h30-31H,4-29H2,1-3H3. The number of hydrogen-bond donors (Lipinski definition) is 1. The van der Waals surface area contributed by atoms with Crippen molar-refractivity contribution in [3.63, 3.8) is 0 Å². The molecule has 1 heteroatoms. The van der Waals surface area contributed by atoms with Gasteiger partial charge in [-0.2, -0.15) is 0 Å². The Hall–Kier alpha value is -0.0400. The molecule has 0 saturated heterocycles. The molecule has 0 aromatic rings. The molecule has 0 aromatic carbocycles. The first kappa shape index (κ1) is 31.0. The van der Waals surface area contributed by atoms with Crippen molar-refractivity contribution in [1.82, 2.24) is 5.32 Å². The first-order valence-electron chi connectivity index (χ1n) is 15.0. The van der Waals surface area contributed by atoms with Gasteiger partial charge in [0, 0.05) is 0 Å². The van der Waals surface area contributed by atoms with E-state index in [0.29, 0.717) is 0 Å². The molecule has 0 spiro atoms. The molecule has 0 amide bonds. The van der Waals surface area contributed by atoms with Crippen molar-refractivity contribution in [3.8, 4) is 0 Å². The fourth-order valence-electron chi connectivity index (χ4n) is 4.61. The summed E-state index contributed by atoms with van der Waals surface area (Å²) in [5.41, 5.74) is 0. The molecular weight excluding hydrogens is 374 g/mol. The molecule has 0 rings (SSSR count). The Morgan fingerprint density at radius 2 is 0.677 bits per heavy atom. The van der Waals surface area contributed by atoms with Gasteiger partial charge in [0.25, 0.3) is 0 Å². The lowest BCUT2D eigenvalue weighted by Gasteiger charge is -2.06. The van der Waals surface area contributed by atoms with E-state index in [1.54, 1.807) is 0 Å². The first-order chi connectivity index (χ1) is 15.3. The van der Waals surface area contributed by atoms with Crippen molar-refractivity contribution in [2.75, 3.05) is 13.1 Å². The molecule has 0 heterocycles. The average molecular weight is 438 g/mol. The molecule has 0 fully saturated rings. The zero-order valence-corrected chi connectivity index (χ0v) is 22.5. The third kappa shape index (κ3) is 30.0. The van der Waals surface area contributed by atoms with E-state index in [1.165, 1.54) is 167 Å². The summed E-state index contributed by atoms with van der Waals surface area (Å²) in [5.74, 6) is 0.893. The monoisotopic (exact) mass is 437 g/mol. The van der Waals surface area contributed by atoms with Crippen LogP contribution in [0.5, 0.6) is 0 Å². The van der Waals surface area contributed by atoms with Gasteiger partial charge >= 0.3 is 0 Å². The minimum atomic E-state index is 0.893. The fourth-order valence-corrected chi connectivity index (χ4v) is 4.61. The number of unbranched alkanes of at least 4 members (excludes halogenated alkanes) is 21. The molecule has 0 aliphatic rings. The Balaban J connectivity index is 2.99. The average Bonchev–Trinajstić information content (AvgIpc) is 2.76. The molecule has 0 aliphatic carbocycles. The summed E-state index contributed by atoms with van der Waals surface area (Å²) < 4.78 is 0. The largest absolute Gasteiger partial charge is 0.317 e. The van der Waals surface area contributed by atoms with E-state index >= 15 is 0 Å². The number of rotatable bonds is 27. The summed E-state index contributed by atoms with van der Waals surface area (Å²) in [5, 5.41) is 3.66. The molecule has 0 saturated carbocycles. The van der Waals surface area contributed by atoms with E-state index in [1.807, 2.05) is 0 Å². The molecule has 1 N–H and O–H groups in total. The van der Waals surface area contributed by atoms with Gasteiger partial charge in [0.05, 0.1) is 0 Å². The van der Waals surface area contributed by atoms with Crippen LogP contribution < -0.4 is 5.32 Å². The SMILES string of the molecule is CCCCCCCCCCCCCCNCCCCCCCCCCCCCC(C)C. The zero-order valence-electron chi connectivity index (χ0n) is 22.5. The Kier molecular flexibility index (Phi) is 28.0. The highest BCUT2D eigenvalue weighted by atomic mass is 14.8. The maximum atomic E-state index is 3.66. The van der Waals surface area contributed by atoms with Gasteiger partial charge in [-0.15, -0.1) is 0 Å². The Bertz CT molecular complexity index is 299. The van der Waals surface area contributed by atoms with Gasteiger partial charge < -0.3 is 5.32 Å². The second kappa shape index (κ2) is 28.0. The second-order valence-corrected chi connectivity index (χ2v) is 10.7. The van der Waals surface area contributed by atoms with Crippen LogP contribution in [0.2, 0.25) is 0 Å². The van der Waals surface area contributed by atoms with Crippen molar-refractivity contribution in [2.45, 2.75) is 175 Å². The molecule has 0 aliphatic heterocycles. The Morgan fingerprint density at radius 1 is 0.387 bits per heavy atom. The predicted octanol–water partition coefficient (Wildman–Crippen LogP) is 10.6. The van der Waals surface area contributed by atoms with Crippen LogP contribution >= 0.6 is 0 Å². The summed E-state index contributed by atoms with van der Waals surface area (Å²) in [6.07, 6.45) is 34.8. The molecule has 188 valence electrons. The number of nitrogens with one attached hydrogen (secondary N) is 1. The smallest absolute Gasteiger partial charge is 0.00489 e. The zero-order chi connectivity index (χ0) is 22.7. The van der Waals surface area contributed by atoms with Crippen LogP contribution in [0, 0.1) is 5.92 Å². The summed E-state index contributed by atoms with van der Waals surface area (Å²) in [4.78, 5) is 0. The molecule has 1 nitrogen and oxygen atoms in total. The normalized spacial score (nSPS) is 11.6. The Morgan fingerprint density at radius 3 is 1.00 bits per heavy atom. The lowest BCUT2D eigenvalue weighted by molar-refractivity contribution is 0.501. The lowest BCUT2D eigenvalue weighted by atomic mass is 10.0. The fraction of sp³-hybridized carbons (Fsp3) is 1.00. The van der Waals surface area contributed by atoms with E-state index in [4.69, 9.17) is 0 Å². The maximum Gasteiger partial charge on any atom is -0.00489 e. The van der Waals surface area contributed by atoms with Crippen LogP contribution in [0.3, 0.4) is 0 Å². The molecule has 0 aromatic heterocycles. The van der Waals surface area contributed by atoms with Gasteiger partial charge in [0.2, 0.25) is 0 Å². The van der Waals surface area contributed by atoms with Crippen LogP contribution in [-0.2, 0) is 0 Å². The van der Waals surface area contributed by atoms with E-state index in [9.17, 15) is 0 Å². The second-order valence-electron chi connectivity index (χ2n) is 10.7. The predicted molar refractivity (Wildman–Crippen MR) is 144 cm³/mol. The van der Waals surface area contributed by atoms with E-state index < -0.39 is 0 Å². The third-order valence-electron chi connectivity index (χ3n) is 6.84. The van der Waals surface area contributed by atoms with Crippen molar-refractivity contribution in [3.05, 3.63) is 0 Å². The van der Waals surface area contributed by atoms with Crippen molar-refractivity contribution < 1.29 is 0 Å². The van der Waals surface area contributed by atoms with Gasteiger partial charge in [-0.05, 0) is 31.8 Å². The van der Waals surface area contributed by atoms with E-state index in [-0.39, 0.29) is 0 Å². The quantitative estimate of drug-likeness (QED) is 0.126.